The van der Waals surface area contributed by atoms with E-state index in [0.717, 1.165) is 29.1 Å². The minimum absolute atomic E-state index is 0.767. The van der Waals surface area contributed by atoms with Gasteiger partial charge in [-0.2, -0.15) is 0 Å². The summed E-state index contributed by atoms with van der Waals surface area (Å²) in [5, 5.41) is 0. The second kappa shape index (κ2) is 11.9. The van der Waals surface area contributed by atoms with Crippen molar-refractivity contribution in [2.24, 2.45) is 29.1 Å². The summed E-state index contributed by atoms with van der Waals surface area (Å²) in [7, 11) is 0. The third-order valence-corrected chi connectivity index (χ3v) is 9.30. The van der Waals surface area contributed by atoms with Gasteiger partial charge in [0.15, 0.2) is 0 Å². The molecular formula is C30H49N. The van der Waals surface area contributed by atoms with Crippen LogP contribution in [0, 0.1) is 29.1 Å². The highest BCUT2D eigenvalue weighted by Crippen LogP contribution is 2.61. The maximum absolute atomic E-state index is 4.21. The Morgan fingerprint density at radius 1 is 0.774 bits per heavy atom. The zero-order valence-corrected chi connectivity index (χ0v) is 20.5. The van der Waals surface area contributed by atoms with Gasteiger partial charge in [0.2, 0.25) is 0 Å². The van der Waals surface area contributed by atoms with E-state index in [9.17, 15) is 0 Å². The second-order valence-electron chi connectivity index (χ2n) is 12.0. The van der Waals surface area contributed by atoms with Crippen molar-refractivity contribution in [3.63, 3.8) is 0 Å². The number of pyridine rings is 1. The number of hydrogen-bond donors (Lipinski definition) is 0. The predicted octanol–water partition coefficient (Wildman–Crippen LogP) is 9.16. The van der Waals surface area contributed by atoms with E-state index in [1.165, 1.54) is 82.6 Å². The summed E-state index contributed by atoms with van der Waals surface area (Å²) in [5.74, 6) is 4.26. The molecule has 4 fully saturated rings. The lowest BCUT2D eigenvalue weighted by atomic mass is 9.48. The summed E-state index contributed by atoms with van der Waals surface area (Å²) in [5.41, 5.74) is 2.26. The van der Waals surface area contributed by atoms with E-state index in [1.54, 1.807) is 44.9 Å². The van der Waals surface area contributed by atoms with Gasteiger partial charge >= 0.3 is 0 Å². The van der Waals surface area contributed by atoms with Gasteiger partial charge in [0.05, 0.1) is 0 Å². The molecule has 4 bridgehead atoms. The van der Waals surface area contributed by atoms with Crippen molar-refractivity contribution in [3.05, 3.63) is 30.1 Å². The van der Waals surface area contributed by atoms with Crippen LogP contribution in [0.2, 0.25) is 0 Å². The topological polar surface area (TPSA) is 12.9 Å². The highest BCUT2D eigenvalue weighted by molar-refractivity contribution is 5.09. The average molecular weight is 424 g/mol. The first-order valence-corrected chi connectivity index (χ1v) is 14.1. The minimum atomic E-state index is 0.767. The number of hydrogen-bond acceptors (Lipinski definition) is 1. The summed E-state index contributed by atoms with van der Waals surface area (Å²) in [4.78, 5) is 4.21. The van der Waals surface area contributed by atoms with Gasteiger partial charge in [0.25, 0.3) is 0 Å². The molecule has 1 aromatic rings. The fourth-order valence-electron chi connectivity index (χ4n) is 8.03. The van der Waals surface area contributed by atoms with Crippen LogP contribution in [0.3, 0.4) is 0 Å². The van der Waals surface area contributed by atoms with Crippen LogP contribution in [-0.2, 0) is 6.42 Å². The first-order chi connectivity index (χ1) is 15.2. The molecule has 174 valence electrons. The number of nitrogens with zero attached hydrogens (tertiary/aromatic N) is 1. The Balaban J connectivity index is 1.22. The summed E-state index contributed by atoms with van der Waals surface area (Å²) in [6, 6.07) is 4.46. The zero-order chi connectivity index (χ0) is 21.4. The summed E-state index contributed by atoms with van der Waals surface area (Å²) >= 11 is 0. The molecule has 1 unspecified atom stereocenters. The molecule has 1 heteroatoms. The molecule has 0 saturated heterocycles. The highest BCUT2D eigenvalue weighted by atomic mass is 14.6. The summed E-state index contributed by atoms with van der Waals surface area (Å²) in [6.07, 6.45) is 32.2. The van der Waals surface area contributed by atoms with Crippen molar-refractivity contribution < 1.29 is 0 Å². The van der Waals surface area contributed by atoms with Crippen LogP contribution in [0.1, 0.15) is 128 Å². The quantitative estimate of drug-likeness (QED) is 0.256. The Morgan fingerprint density at radius 3 is 1.97 bits per heavy atom. The van der Waals surface area contributed by atoms with Crippen LogP contribution in [0.4, 0.5) is 0 Å². The van der Waals surface area contributed by atoms with E-state index >= 15 is 0 Å². The Morgan fingerprint density at radius 2 is 1.35 bits per heavy atom. The Bertz CT molecular complexity index is 585. The van der Waals surface area contributed by atoms with E-state index in [1.807, 2.05) is 12.4 Å². The Kier molecular flexibility index (Phi) is 8.91. The number of unbranched alkanes of at least 4 members (excludes halogenated alkanes) is 7. The van der Waals surface area contributed by atoms with Crippen molar-refractivity contribution in [3.8, 4) is 0 Å². The first kappa shape index (κ1) is 23.3. The van der Waals surface area contributed by atoms with Crippen LogP contribution in [0.25, 0.3) is 0 Å². The molecule has 31 heavy (non-hydrogen) atoms. The third-order valence-electron chi connectivity index (χ3n) is 9.30. The van der Waals surface area contributed by atoms with Gasteiger partial charge in [-0.1, -0.05) is 64.7 Å². The molecule has 0 aliphatic heterocycles. The summed E-state index contributed by atoms with van der Waals surface area (Å²) < 4.78 is 0. The first-order valence-electron chi connectivity index (χ1n) is 14.1. The maximum atomic E-state index is 4.21. The van der Waals surface area contributed by atoms with Crippen molar-refractivity contribution in [1.82, 2.24) is 4.98 Å². The summed E-state index contributed by atoms with van der Waals surface area (Å²) in [6.45, 7) is 2.31. The van der Waals surface area contributed by atoms with Gasteiger partial charge in [0.1, 0.15) is 0 Å². The van der Waals surface area contributed by atoms with E-state index in [4.69, 9.17) is 0 Å². The fourth-order valence-corrected chi connectivity index (χ4v) is 8.03. The Labute approximate surface area is 193 Å². The molecule has 1 heterocycles. The minimum Gasteiger partial charge on any atom is -0.265 e. The molecule has 5 rings (SSSR count). The predicted molar refractivity (Wildman–Crippen MR) is 133 cm³/mol. The van der Waals surface area contributed by atoms with E-state index in [-0.39, 0.29) is 0 Å². The number of rotatable bonds is 15. The van der Waals surface area contributed by atoms with E-state index in [0.29, 0.717) is 0 Å². The molecule has 1 nitrogen and oxygen atoms in total. The van der Waals surface area contributed by atoms with Crippen LogP contribution < -0.4 is 0 Å². The second-order valence-corrected chi connectivity index (χ2v) is 12.0. The standard InChI is InChI=1S/C30H49N/c1-2-3-4-5-6-7-8-9-10-25(11-12-26-14-17-31-18-15-26)13-16-30-22-27-19-28(23-30)21-29(20-27)24-30/h14-15,17-18,25,27-29H,2-13,16,19-24H2,1H3. The molecule has 1 atom stereocenters. The lowest BCUT2D eigenvalue weighted by molar-refractivity contribution is -0.0603. The monoisotopic (exact) mass is 423 g/mol. The SMILES string of the molecule is CCCCCCCCCCC(CCc1ccncc1)CCC12CC3CC(CC(C3)C1)C2. The van der Waals surface area contributed by atoms with Gasteiger partial charge in [0, 0.05) is 12.4 Å². The highest BCUT2D eigenvalue weighted by Gasteiger charge is 2.50. The van der Waals surface area contributed by atoms with Gasteiger partial charge in [-0.15, -0.1) is 0 Å². The third kappa shape index (κ3) is 7.06. The van der Waals surface area contributed by atoms with Crippen LogP contribution in [-0.4, -0.2) is 4.98 Å². The smallest absolute Gasteiger partial charge is 0.0270 e. The molecule has 4 aliphatic rings. The Hall–Kier alpha value is -0.850. The molecule has 4 saturated carbocycles. The van der Waals surface area contributed by atoms with E-state index in [2.05, 4.69) is 24.0 Å². The number of aryl methyl sites for hydroxylation is 1. The van der Waals surface area contributed by atoms with Crippen LogP contribution in [0.5, 0.6) is 0 Å². The maximum Gasteiger partial charge on any atom is 0.0270 e. The van der Waals surface area contributed by atoms with Crippen LogP contribution >= 0.6 is 0 Å². The van der Waals surface area contributed by atoms with Gasteiger partial charge < -0.3 is 0 Å². The molecular weight excluding hydrogens is 374 g/mol. The fraction of sp³-hybridized carbons (Fsp3) is 0.833. The molecule has 0 N–H and O–H groups in total. The molecule has 0 radical (unpaired) electrons. The normalized spacial score (nSPS) is 30.0. The zero-order valence-electron chi connectivity index (χ0n) is 20.5. The molecule has 0 aromatic carbocycles. The lowest BCUT2D eigenvalue weighted by Crippen LogP contribution is -2.46. The van der Waals surface area contributed by atoms with Gasteiger partial charge in [-0.05, 0) is 111 Å². The largest absolute Gasteiger partial charge is 0.265 e. The van der Waals surface area contributed by atoms with Crippen molar-refractivity contribution >= 4 is 0 Å². The van der Waals surface area contributed by atoms with Crippen molar-refractivity contribution in [2.45, 2.75) is 129 Å². The van der Waals surface area contributed by atoms with Gasteiger partial charge in [-0.25, -0.2) is 0 Å². The van der Waals surface area contributed by atoms with Crippen molar-refractivity contribution in [1.29, 1.82) is 0 Å². The molecule has 4 aliphatic carbocycles. The molecule has 0 spiro atoms. The molecule has 1 aromatic heterocycles. The molecule has 0 amide bonds. The average Bonchev–Trinajstić information content (AvgIpc) is 2.76. The van der Waals surface area contributed by atoms with E-state index < -0.39 is 0 Å². The van der Waals surface area contributed by atoms with Crippen molar-refractivity contribution in [2.75, 3.05) is 0 Å². The van der Waals surface area contributed by atoms with Gasteiger partial charge in [-0.3, -0.25) is 4.98 Å². The number of aromatic nitrogens is 1. The lowest BCUT2D eigenvalue weighted by Gasteiger charge is -2.57. The van der Waals surface area contributed by atoms with Crippen LogP contribution in [0.15, 0.2) is 24.5 Å².